The lowest BCUT2D eigenvalue weighted by Crippen LogP contribution is -2.05. The number of imidazole rings is 1. The van der Waals surface area contributed by atoms with Crippen molar-refractivity contribution in [1.29, 1.82) is 5.26 Å². The van der Waals surface area contributed by atoms with Gasteiger partial charge in [0.25, 0.3) is 0 Å². The number of benzene rings is 2. The van der Waals surface area contributed by atoms with Gasteiger partial charge in [0.05, 0.1) is 35.7 Å². The van der Waals surface area contributed by atoms with Gasteiger partial charge in [0.1, 0.15) is 17.1 Å². The molecule has 4 aromatic rings. The molecule has 4 rings (SSSR count). The summed E-state index contributed by atoms with van der Waals surface area (Å²) in [6.07, 6.45) is 4.05. The van der Waals surface area contributed by atoms with Crippen molar-refractivity contribution in [3.05, 3.63) is 72.6 Å². The van der Waals surface area contributed by atoms with Gasteiger partial charge in [0, 0.05) is 17.3 Å². The van der Waals surface area contributed by atoms with Crippen LogP contribution in [0.1, 0.15) is 33.3 Å². The standard InChI is InChI=1S/C26H25N3O2/c1-17(2)30-22-9-5-19(6-10-22)24-16-29-25(15-28-26(29)13-21(24)14-27)20-7-11-23(12-8-20)31-18(3)4/h5-13,15-18H,1-4H3. The zero-order valence-corrected chi connectivity index (χ0v) is 18.2. The highest BCUT2D eigenvalue weighted by molar-refractivity contribution is 5.75. The van der Waals surface area contributed by atoms with Crippen LogP contribution in [-0.4, -0.2) is 21.6 Å². The highest BCUT2D eigenvalue weighted by atomic mass is 16.5. The molecule has 2 aromatic heterocycles. The Kier molecular flexibility index (Phi) is 5.64. The predicted molar refractivity (Wildman–Crippen MR) is 122 cm³/mol. The Labute approximate surface area is 182 Å². The maximum atomic E-state index is 9.71. The third kappa shape index (κ3) is 4.39. The molecule has 2 aromatic carbocycles. The van der Waals surface area contributed by atoms with Crippen LogP contribution in [0.25, 0.3) is 28.0 Å². The molecule has 5 nitrogen and oxygen atoms in total. The van der Waals surface area contributed by atoms with E-state index in [-0.39, 0.29) is 12.2 Å². The molecule has 0 N–H and O–H groups in total. The van der Waals surface area contributed by atoms with Gasteiger partial charge in [-0.15, -0.1) is 0 Å². The number of hydrogen-bond donors (Lipinski definition) is 0. The van der Waals surface area contributed by atoms with Crippen LogP contribution in [-0.2, 0) is 0 Å². The van der Waals surface area contributed by atoms with Crippen molar-refractivity contribution >= 4 is 5.65 Å². The zero-order valence-electron chi connectivity index (χ0n) is 18.2. The number of nitrogens with zero attached hydrogens (tertiary/aromatic N) is 3. The molecule has 0 unspecified atom stereocenters. The van der Waals surface area contributed by atoms with Crippen LogP contribution in [0.4, 0.5) is 0 Å². The number of fused-ring (bicyclic) bond motifs is 1. The SMILES string of the molecule is CC(C)Oc1ccc(-c2cn3c(-c4ccc(OC(C)C)cc4)cnc3cc2C#N)cc1. The van der Waals surface area contributed by atoms with Gasteiger partial charge in [-0.25, -0.2) is 4.98 Å². The van der Waals surface area contributed by atoms with E-state index in [1.807, 2.05) is 99.1 Å². The van der Waals surface area contributed by atoms with Crippen molar-refractivity contribution in [2.75, 3.05) is 0 Å². The second-order valence-corrected chi connectivity index (χ2v) is 7.97. The van der Waals surface area contributed by atoms with E-state index >= 15 is 0 Å². The fourth-order valence-corrected chi connectivity index (χ4v) is 3.52. The Morgan fingerprint density at radius 2 is 1.39 bits per heavy atom. The third-order valence-electron chi connectivity index (χ3n) is 4.83. The third-order valence-corrected chi connectivity index (χ3v) is 4.83. The van der Waals surface area contributed by atoms with Gasteiger partial charge in [-0.3, -0.25) is 4.40 Å². The smallest absolute Gasteiger partial charge is 0.138 e. The molecule has 156 valence electrons. The van der Waals surface area contributed by atoms with Crippen molar-refractivity contribution in [3.8, 4) is 40.0 Å². The minimum atomic E-state index is 0.114. The predicted octanol–water partition coefficient (Wildman–Crippen LogP) is 6.11. The number of nitriles is 1. The monoisotopic (exact) mass is 411 g/mol. The first-order valence-electron chi connectivity index (χ1n) is 10.4. The first kappa shape index (κ1) is 20.5. The van der Waals surface area contributed by atoms with Gasteiger partial charge in [0.2, 0.25) is 0 Å². The van der Waals surface area contributed by atoms with Crippen molar-refractivity contribution in [2.24, 2.45) is 0 Å². The van der Waals surface area contributed by atoms with Crippen LogP contribution in [0, 0.1) is 11.3 Å². The average molecular weight is 412 g/mol. The van der Waals surface area contributed by atoms with Gasteiger partial charge >= 0.3 is 0 Å². The van der Waals surface area contributed by atoms with Crippen LogP contribution in [0.5, 0.6) is 11.5 Å². The molecular formula is C26H25N3O2. The van der Waals surface area contributed by atoms with E-state index in [1.165, 1.54) is 0 Å². The maximum absolute atomic E-state index is 9.71. The first-order valence-corrected chi connectivity index (χ1v) is 10.4. The normalized spacial score (nSPS) is 11.1. The molecule has 2 heterocycles. The largest absolute Gasteiger partial charge is 0.491 e. The summed E-state index contributed by atoms with van der Waals surface area (Å²) in [6.45, 7) is 8.01. The van der Waals surface area contributed by atoms with Gasteiger partial charge in [0.15, 0.2) is 0 Å². The Morgan fingerprint density at radius 3 is 1.90 bits per heavy atom. The quantitative estimate of drug-likeness (QED) is 0.384. The van der Waals surface area contributed by atoms with Crippen molar-refractivity contribution < 1.29 is 9.47 Å². The Hall–Kier alpha value is -3.78. The molecule has 0 aliphatic carbocycles. The van der Waals surface area contributed by atoms with E-state index in [0.717, 1.165) is 39.5 Å². The van der Waals surface area contributed by atoms with Crippen molar-refractivity contribution in [1.82, 2.24) is 9.38 Å². The van der Waals surface area contributed by atoms with Crippen LogP contribution in [0.15, 0.2) is 67.0 Å². The number of rotatable bonds is 6. The summed E-state index contributed by atoms with van der Waals surface area (Å²) in [7, 11) is 0. The van der Waals surface area contributed by atoms with E-state index in [9.17, 15) is 5.26 Å². The molecule has 0 saturated carbocycles. The molecule has 0 aliphatic heterocycles. The summed E-state index contributed by atoms with van der Waals surface area (Å²) in [5.74, 6) is 1.65. The van der Waals surface area contributed by atoms with Gasteiger partial charge in [-0.05, 0) is 75.7 Å². The Morgan fingerprint density at radius 1 is 0.839 bits per heavy atom. The van der Waals surface area contributed by atoms with Crippen LogP contribution in [0.2, 0.25) is 0 Å². The van der Waals surface area contributed by atoms with Crippen LogP contribution >= 0.6 is 0 Å². The number of ether oxygens (including phenoxy) is 2. The van der Waals surface area contributed by atoms with Crippen LogP contribution in [0.3, 0.4) is 0 Å². The highest BCUT2D eigenvalue weighted by Crippen LogP contribution is 2.30. The lowest BCUT2D eigenvalue weighted by molar-refractivity contribution is 0.242. The number of aromatic nitrogens is 2. The molecule has 0 saturated heterocycles. The van der Waals surface area contributed by atoms with Crippen molar-refractivity contribution in [2.45, 2.75) is 39.9 Å². The number of hydrogen-bond acceptors (Lipinski definition) is 4. The van der Waals surface area contributed by atoms with Gasteiger partial charge in [-0.1, -0.05) is 12.1 Å². The van der Waals surface area contributed by atoms with E-state index in [0.29, 0.717) is 5.56 Å². The summed E-state index contributed by atoms with van der Waals surface area (Å²) < 4.78 is 13.5. The highest BCUT2D eigenvalue weighted by Gasteiger charge is 2.13. The lowest BCUT2D eigenvalue weighted by Gasteiger charge is -2.12. The summed E-state index contributed by atoms with van der Waals surface area (Å²) in [5.41, 5.74) is 5.11. The molecule has 0 radical (unpaired) electrons. The molecule has 0 bridgehead atoms. The fourth-order valence-electron chi connectivity index (χ4n) is 3.52. The van der Waals surface area contributed by atoms with E-state index < -0.39 is 0 Å². The molecule has 0 spiro atoms. The van der Waals surface area contributed by atoms with Gasteiger partial charge < -0.3 is 9.47 Å². The Balaban J connectivity index is 1.75. The summed E-state index contributed by atoms with van der Waals surface area (Å²) >= 11 is 0. The van der Waals surface area contributed by atoms with E-state index in [1.54, 1.807) is 0 Å². The minimum Gasteiger partial charge on any atom is -0.491 e. The van der Waals surface area contributed by atoms with E-state index in [4.69, 9.17) is 9.47 Å². The summed E-state index contributed by atoms with van der Waals surface area (Å²) in [6, 6.07) is 19.9. The average Bonchev–Trinajstić information content (AvgIpc) is 3.16. The Bertz CT molecular complexity index is 1230. The fraction of sp³-hybridized carbons (Fsp3) is 0.231. The molecule has 0 fully saturated rings. The maximum Gasteiger partial charge on any atom is 0.138 e. The zero-order chi connectivity index (χ0) is 22.0. The molecule has 5 heteroatoms. The second kappa shape index (κ2) is 8.53. The minimum absolute atomic E-state index is 0.114. The van der Waals surface area contributed by atoms with Crippen molar-refractivity contribution in [3.63, 3.8) is 0 Å². The van der Waals surface area contributed by atoms with Gasteiger partial charge in [-0.2, -0.15) is 5.26 Å². The summed E-state index contributed by atoms with van der Waals surface area (Å²) in [4.78, 5) is 4.52. The molecule has 0 atom stereocenters. The van der Waals surface area contributed by atoms with E-state index in [2.05, 4.69) is 11.1 Å². The summed E-state index contributed by atoms with van der Waals surface area (Å²) in [5, 5.41) is 9.71. The number of pyridine rings is 1. The molecule has 0 aliphatic rings. The topological polar surface area (TPSA) is 59.6 Å². The molecule has 31 heavy (non-hydrogen) atoms. The first-order chi connectivity index (χ1) is 14.9. The van der Waals surface area contributed by atoms with Crippen LogP contribution < -0.4 is 9.47 Å². The molecule has 0 amide bonds. The second-order valence-electron chi connectivity index (χ2n) is 7.97. The molecular weight excluding hydrogens is 386 g/mol. The lowest BCUT2D eigenvalue weighted by atomic mass is 10.0.